The van der Waals surface area contributed by atoms with Crippen LogP contribution in [0.4, 0.5) is 0 Å². The maximum absolute atomic E-state index is 10.8. The van der Waals surface area contributed by atoms with Crippen molar-refractivity contribution < 1.29 is 9.90 Å². The van der Waals surface area contributed by atoms with E-state index in [1.807, 2.05) is 6.07 Å². The number of carbonyl (C=O) groups is 1. The van der Waals surface area contributed by atoms with E-state index in [-0.39, 0.29) is 0 Å². The molecule has 1 rings (SSSR count). The summed E-state index contributed by atoms with van der Waals surface area (Å²) < 4.78 is 0.843. The molecule has 94 valence electrons. The number of benzene rings is 1. The largest absolute Gasteiger partial charge is 0.478 e. The molecule has 2 N–H and O–H groups in total. The second kappa shape index (κ2) is 6.77. The summed E-state index contributed by atoms with van der Waals surface area (Å²) in [4.78, 5) is 10.8. The van der Waals surface area contributed by atoms with Gasteiger partial charge in [0.15, 0.2) is 0 Å². The average molecular weight is 300 g/mol. The molecule has 0 spiro atoms. The standard InChI is InChI=1S/C13H18BrNO2/c1-3-11(4-2)15-8-10-6-5-9(13(16)17)7-12(10)14/h5-7,11,15H,3-4,8H2,1-2H3,(H,16,17). The molecule has 0 unspecified atom stereocenters. The van der Waals surface area contributed by atoms with Crippen LogP contribution in [0.3, 0.4) is 0 Å². The minimum absolute atomic E-state index is 0.308. The van der Waals surface area contributed by atoms with E-state index in [9.17, 15) is 4.79 Å². The van der Waals surface area contributed by atoms with Crippen LogP contribution >= 0.6 is 15.9 Å². The fraction of sp³-hybridized carbons (Fsp3) is 0.462. The number of rotatable bonds is 6. The first-order chi connectivity index (χ1) is 8.08. The lowest BCUT2D eigenvalue weighted by molar-refractivity contribution is 0.0697. The first kappa shape index (κ1) is 14.2. The van der Waals surface area contributed by atoms with Crippen molar-refractivity contribution in [2.75, 3.05) is 0 Å². The van der Waals surface area contributed by atoms with Gasteiger partial charge < -0.3 is 10.4 Å². The highest BCUT2D eigenvalue weighted by molar-refractivity contribution is 9.10. The van der Waals surface area contributed by atoms with Crippen molar-refractivity contribution >= 4 is 21.9 Å². The molecule has 3 nitrogen and oxygen atoms in total. The van der Waals surface area contributed by atoms with Crippen LogP contribution in [-0.4, -0.2) is 17.1 Å². The Hall–Kier alpha value is -0.870. The van der Waals surface area contributed by atoms with Gasteiger partial charge in [0.25, 0.3) is 0 Å². The summed E-state index contributed by atoms with van der Waals surface area (Å²) in [6, 6.07) is 5.65. The number of halogens is 1. The zero-order chi connectivity index (χ0) is 12.8. The van der Waals surface area contributed by atoms with Crippen molar-refractivity contribution in [3.8, 4) is 0 Å². The molecule has 0 bridgehead atoms. The minimum atomic E-state index is -0.898. The quantitative estimate of drug-likeness (QED) is 0.846. The fourth-order valence-electron chi connectivity index (χ4n) is 1.66. The molecular weight excluding hydrogens is 282 g/mol. The summed E-state index contributed by atoms with van der Waals surface area (Å²) >= 11 is 3.41. The van der Waals surface area contributed by atoms with Crippen LogP contribution < -0.4 is 5.32 Å². The van der Waals surface area contributed by atoms with Gasteiger partial charge in [-0.2, -0.15) is 0 Å². The Morgan fingerprint density at radius 3 is 2.53 bits per heavy atom. The lowest BCUT2D eigenvalue weighted by Gasteiger charge is -2.15. The van der Waals surface area contributed by atoms with Gasteiger partial charge in [0, 0.05) is 17.1 Å². The molecule has 0 fully saturated rings. The van der Waals surface area contributed by atoms with E-state index >= 15 is 0 Å². The molecule has 1 aromatic rings. The van der Waals surface area contributed by atoms with E-state index in [2.05, 4.69) is 35.1 Å². The Bertz CT molecular complexity index is 389. The van der Waals surface area contributed by atoms with Crippen LogP contribution in [0, 0.1) is 0 Å². The van der Waals surface area contributed by atoms with Gasteiger partial charge in [-0.25, -0.2) is 4.79 Å². The Labute approximate surface area is 110 Å². The molecule has 0 aliphatic rings. The molecule has 1 aromatic carbocycles. The zero-order valence-corrected chi connectivity index (χ0v) is 11.8. The fourth-order valence-corrected chi connectivity index (χ4v) is 2.17. The van der Waals surface area contributed by atoms with Gasteiger partial charge in [0.05, 0.1) is 5.56 Å². The topological polar surface area (TPSA) is 49.3 Å². The number of hydrogen-bond acceptors (Lipinski definition) is 2. The first-order valence-corrected chi connectivity index (χ1v) is 6.62. The summed E-state index contributed by atoms with van der Waals surface area (Å²) in [5.74, 6) is -0.898. The molecule has 0 saturated heterocycles. The van der Waals surface area contributed by atoms with Gasteiger partial charge in [0.1, 0.15) is 0 Å². The van der Waals surface area contributed by atoms with Crippen LogP contribution in [-0.2, 0) is 6.54 Å². The maximum Gasteiger partial charge on any atom is 0.335 e. The second-order valence-corrected chi connectivity index (χ2v) is 4.86. The number of carboxylic acids is 1. The molecule has 0 radical (unpaired) electrons. The van der Waals surface area contributed by atoms with Gasteiger partial charge in [-0.15, -0.1) is 0 Å². The minimum Gasteiger partial charge on any atom is -0.478 e. The Morgan fingerprint density at radius 1 is 1.41 bits per heavy atom. The smallest absolute Gasteiger partial charge is 0.335 e. The van der Waals surface area contributed by atoms with E-state index in [1.165, 1.54) is 0 Å². The summed E-state index contributed by atoms with van der Waals surface area (Å²) in [5, 5.41) is 12.3. The lowest BCUT2D eigenvalue weighted by Crippen LogP contribution is -2.27. The summed E-state index contributed by atoms with van der Waals surface area (Å²) in [5.41, 5.74) is 1.39. The van der Waals surface area contributed by atoms with E-state index in [0.717, 1.165) is 29.4 Å². The summed E-state index contributed by atoms with van der Waals surface area (Å²) in [7, 11) is 0. The summed E-state index contributed by atoms with van der Waals surface area (Å²) in [6.45, 7) is 5.07. The monoisotopic (exact) mass is 299 g/mol. The molecular formula is C13H18BrNO2. The van der Waals surface area contributed by atoms with Gasteiger partial charge >= 0.3 is 5.97 Å². The van der Waals surface area contributed by atoms with Crippen molar-refractivity contribution in [3.05, 3.63) is 33.8 Å². The maximum atomic E-state index is 10.8. The third kappa shape index (κ3) is 4.13. The lowest BCUT2D eigenvalue weighted by atomic mass is 10.1. The Kier molecular flexibility index (Phi) is 5.65. The molecule has 0 aromatic heterocycles. The van der Waals surface area contributed by atoms with Crippen molar-refractivity contribution in [1.82, 2.24) is 5.32 Å². The average Bonchev–Trinajstić information content (AvgIpc) is 2.31. The van der Waals surface area contributed by atoms with Crippen molar-refractivity contribution in [3.63, 3.8) is 0 Å². The van der Waals surface area contributed by atoms with Gasteiger partial charge in [0.2, 0.25) is 0 Å². The molecule has 0 aliphatic heterocycles. The van der Waals surface area contributed by atoms with Crippen LogP contribution in [0.2, 0.25) is 0 Å². The molecule has 0 aliphatic carbocycles. The highest BCUT2D eigenvalue weighted by Gasteiger charge is 2.08. The SMILES string of the molecule is CCC(CC)NCc1ccc(C(=O)O)cc1Br. The van der Waals surface area contributed by atoms with E-state index in [1.54, 1.807) is 12.1 Å². The van der Waals surface area contributed by atoms with Crippen molar-refractivity contribution in [1.29, 1.82) is 0 Å². The molecule has 0 heterocycles. The molecule has 0 amide bonds. The third-order valence-electron chi connectivity index (χ3n) is 2.87. The van der Waals surface area contributed by atoms with E-state index < -0.39 is 5.97 Å². The van der Waals surface area contributed by atoms with Gasteiger partial charge in [-0.1, -0.05) is 35.8 Å². The number of carboxylic acid groups (broad SMARTS) is 1. The number of aromatic carboxylic acids is 1. The summed E-state index contributed by atoms with van der Waals surface area (Å²) in [6.07, 6.45) is 2.20. The van der Waals surface area contributed by atoms with Crippen molar-refractivity contribution in [2.24, 2.45) is 0 Å². The normalized spacial score (nSPS) is 10.8. The van der Waals surface area contributed by atoms with E-state index in [4.69, 9.17) is 5.11 Å². The Morgan fingerprint density at radius 2 is 2.06 bits per heavy atom. The highest BCUT2D eigenvalue weighted by Crippen LogP contribution is 2.19. The predicted octanol–water partition coefficient (Wildman–Crippen LogP) is 3.43. The number of hydrogen-bond donors (Lipinski definition) is 2. The Balaban J connectivity index is 2.69. The molecule has 17 heavy (non-hydrogen) atoms. The zero-order valence-electron chi connectivity index (χ0n) is 10.2. The molecule has 0 saturated carbocycles. The molecule has 4 heteroatoms. The van der Waals surface area contributed by atoms with Crippen LogP contribution in [0.25, 0.3) is 0 Å². The third-order valence-corrected chi connectivity index (χ3v) is 3.61. The van der Waals surface area contributed by atoms with Gasteiger partial charge in [-0.05, 0) is 30.5 Å². The number of nitrogens with one attached hydrogen (secondary N) is 1. The molecule has 0 atom stereocenters. The second-order valence-electron chi connectivity index (χ2n) is 4.01. The van der Waals surface area contributed by atoms with Crippen LogP contribution in [0.1, 0.15) is 42.6 Å². The van der Waals surface area contributed by atoms with Crippen LogP contribution in [0.15, 0.2) is 22.7 Å². The van der Waals surface area contributed by atoms with E-state index in [0.29, 0.717) is 11.6 Å². The highest BCUT2D eigenvalue weighted by atomic mass is 79.9. The predicted molar refractivity (Wildman–Crippen MR) is 72.3 cm³/mol. The van der Waals surface area contributed by atoms with Gasteiger partial charge in [-0.3, -0.25) is 0 Å². The van der Waals surface area contributed by atoms with Crippen LogP contribution in [0.5, 0.6) is 0 Å². The first-order valence-electron chi connectivity index (χ1n) is 5.83. The van der Waals surface area contributed by atoms with Crippen molar-refractivity contribution in [2.45, 2.75) is 39.3 Å².